The van der Waals surface area contributed by atoms with Crippen LogP contribution in [0.25, 0.3) is 0 Å². The van der Waals surface area contributed by atoms with Gasteiger partial charge in [0.1, 0.15) is 0 Å². The maximum absolute atomic E-state index is 11.8. The molecule has 0 radical (unpaired) electrons. The van der Waals surface area contributed by atoms with Crippen molar-refractivity contribution in [1.29, 1.82) is 0 Å². The molecule has 4 heteroatoms. The van der Waals surface area contributed by atoms with E-state index in [-0.39, 0.29) is 11.9 Å². The Hall–Kier alpha value is -1.06. The highest BCUT2D eigenvalue weighted by molar-refractivity contribution is 6.31. The third-order valence-corrected chi connectivity index (χ3v) is 2.65. The highest BCUT2D eigenvalue weighted by Gasteiger charge is 2.21. The van der Waals surface area contributed by atoms with Gasteiger partial charge in [-0.25, -0.2) is 0 Å². The lowest BCUT2D eigenvalue weighted by Crippen LogP contribution is -2.48. The molecule has 0 bridgehead atoms. The molecule has 0 atom stereocenters. The van der Waals surface area contributed by atoms with Crippen molar-refractivity contribution in [2.45, 2.75) is 13.0 Å². The molecule has 1 aliphatic rings. The largest absolute Gasteiger partial charge is 0.377 e. The number of halogens is 1. The molecule has 1 N–H and O–H groups in total. The molecule has 1 aliphatic heterocycles. The van der Waals surface area contributed by atoms with Crippen molar-refractivity contribution in [2.24, 2.45) is 0 Å². The summed E-state index contributed by atoms with van der Waals surface area (Å²) in [6, 6.07) is 5.45. The van der Waals surface area contributed by atoms with Gasteiger partial charge >= 0.3 is 0 Å². The second-order valence-electron chi connectivity index (χ2n) is 3.67. The fraction of sp³-hybridized carbons (Fsp3) is 0.364. The third kappa shape index (κ3) is 2.30. The Morgan fingerprint density at radius 1 is 1.53 bits per heavy atom. The van der Waals surface area contributed by atoms with E-state index in [0.29, 0.717) is 23.8 Å². The molecule has 0 saturated carbocycles. The minimum atomic E-state index is -0.0803. The summed E-state index contributed by atoms with van der Waals surface area (Å²) in [5, 5.41) is 3.46. The van der Waals surface area contributed by atoms with E-state index in [4.69, 9.17) is 16.3 Å². The van der Waals surface area contributed by atoms with E-state index in [1.54, 1.807) is 12.1 Å². The Bertz CT molecular complexity index is 388. The molecule has 1 amide bonds. The van der Waals surface area contributed by atoms with Gasteiger partial charge in [0.05, 0.1) is 19.3 Å². The Morgan fingerprint density at radius 2 is 2.27 bits per heavy atom. The van der Waals surface area contributed by atoms with E-state index in [9.17, 15) is 4.79 Å². The van der Waals surface area contributed by atoms with Gasteiger partial charge in [0.15, 0.2) is 0 Å². The first-order valence-corrected chi connectivity index (χ1v) is 5.19. The number of rotatable bonds is 2. The lowest BCUT2D eigenvalue weighted by Gasteiger charge is -2.27. The molecule has 0 unspecified atom stereocenters. The molecule has 80 valence electrons. The molecule has 2 rings (SSSR count). The van der Waals surface area contributed by atoms with Crippen LogP contribution in [0.3, 0.4) is 0 Å². The molecule has 0 aromatic heterocycles. The number of amides is 1. The molecule has 1 saturated heterocycles. The molecule has 1 aromatic rings. The van der Waals surface area contributed by atoms with Gasteiger partial charge < -0.3 is 10.1 Å². The number of nitrogens with one attached hydrogen (secondary N) is 1. The van der Waals surface area contributed by atoms with Crippen molar-refractivity contribution in [3.05, 3.63) is 34.3 Å². The van der Waals surface area contributed by atoms with Crippen molar-refractivity contribution in [3.8, 4) is 0 Å². The summed E-state index contributed by atoms with van der Waals surface area (Å²) in [7, 11) is 0. The molecule has 15 heavy (non-hydrogen) atoms. The summed E-state index contributed by atoms with van der Waals surface area (Å²) in [5.41, 5.74) is 1.56. The standard InChI is InChI=1S/C11H12ClNO2/c1-7-2-3-8(12)4-10(7)11(14)13-9-5-15-6-9/h2-4,9H,5-6H2,1H3,(H,13,14). The van der Waals surface area contributed by atoms with E-state index in [2.05, 4.69) is 5.32 Å². The summed E-state index contributed by atoms with van der Waals surface area (Å²) < 4.78 is 4.98. The molecule has 1 aromatic carbocycles. The zero-order valence-electron chi connectivity index (χ0n) is 8.42. The first-order valence-electron chi connectivity index (χ1n) is 4.81. The first kappa shape index (κ1) is 10.5. The number of carbonyl (C=O) groups excluding carboxylic acids is 1. The van der Waals surface area contributed by atoms with Gasteiger partial charge in [-0.3, -0.25) is 4.79 Å². The van der Waals surface area contributed by atoms with Crippen LogP contribution in [0.4, 0.5) is 0 Å². The van der Waals surface area contributed by atoms with Crippen LogP contribution in [0.1, 0.15) is 15.9 Å². The van der Waals surface area contributed by atoms with Crippen LogP contribution >= 0.6 is 11.6 Å². The average molecular weight is 226 g/mol. The van der Waals surface area contributed by atoms with Gasteiger partial charge in [-0.2, -0.15) is 0 Å². The predicted molar refractivity (Wildman–Crippen MR) is 58.3 cm³/mol. The van der Waals surface area contributed by atoms with Crippen LogP contribution in [-0.2, 0) is 4.74 Å². The Morgan fingerprint density at radius 3 is 2.87 bits per heavy atom. The van der Waals surface area contributed by atoms with E-state index >= 15 is 0 Å². The number of benzene rings is 1. The van der Waals surface area contributed by atoms with Crippen molar-refractivity contribution in [1.82, 2.24) is 5.32 Å². The minimum Gasteiger partial charge on any atom is -0.377 e. The Kier molecular flexibility index (Phi) is 2.93. The van der Waals surface area contributed by atoms with Gasteiger partial charge in [0.25, 0.3) is 5.91 Å². The third-order valence-electron chi connectivity index (χ3n) is 2.42. The highest BCUT2D eigenvalue weighted by atomic mass is 35.5. The van der Waals surface area contributed by atoms with E-state index in [1.165, 1.54) is 0 Å². The zero-order valence-corrected chi connectivity index (χ0v) is 9.17. The van der Waals surface area contributed by atoms with E-state index < -0.39 is 0 Å². The van der Waals surface area contributed by atoms with Crippen molar-refractivity contribution in [2.75, 3.05) is 13.2 Å². The average Bonchev–Trinajstić information content (AvgIpc) is 2.15. The van der Waals surface area contributed by atoms with Crippen molar-refractivity contribution < 1.29 is 9.53 Å². The number of hydrogen-bond acceptors (Lipinski definition) is 2. The molecule has 1 heterocycles. The second-order valence-corrected chi connectivity index (χ2v) is 4.10. The van der Waals surface area contributed by atoms with Crippen molar-refractivity contribution >= 4 is 17.5 Å². The molecule has 3 nitrogen and oxygen atoms in total. The second kappa shape index (κ2) is 4.21. The highest BCUT2D eigenvalue weighted by Crippen LogP contribution is 2.15. The Labute approximate surface area is 93.4 Å². The number of ether oxygens (including phenoxy) is 1. The van der Waals surface area contributed by atoms with Gasteiger partial charge in [-0.15, -0.1) is 0 Å². The van der Waals surface area contributed by atoms with E-state index in [1.807, 2.05) is 13.0 Å². The maximum atomic E-state index is 11.8. The summed E-state index contributed by atoms with van der Waals surface area (Å²) in [4.78, 5) is 11.8. The lowest BCUT2D eigenvalue weighted by atomic mass is 10.1. The monoisotopic (exact) mass is 225 g/mol. The van der Waals surface area contributed by atoms with Crippen LogP contribution in [0.15, 0.2) is 18.2 Å². The topological polar surface area (TPSA) is 38.3 Å². The summed E-state index contributed by atoms with van der Waals surface area (Å²) >= 11 is 5.84. The summed E-state index contributed by atoms with van der Waals surface area (Å²) in [6.07, 6.45) is 0. The smallest absolute Gasteiger partial charge is 0.251 e. The fourth-order valence-corrected chi connectivity index (χ4v) is 1.59. The van der Waals surface area contributed by atoms with Gasteiger partial charge in [0, 0.05) is 10.6 Å². The fourth-order valence-electron chi connectivity index (χ4n) is 1.42. The van der Waals surface area contributed by atoms with Crippen LogP contribution in [0.2, 0.25) is 5.02 Å². The first-order chi connectivity index (χ1) is 7.16. The predicted octanol–water partition coefficient (Wildman–Crippen LogP) is 1.78. The number of hydrogen-bond donors (Lipinski definition) is 1. The summed E-state index contributed by atoms with van der Waals surface area (Å²) in [5.74, 6) is -0.0803. The molecule has 0 aliphatic carbocycles. The maximum Gasteiger partial charge on any atom is 0.251 e. The minimum absolute atomic E-state index is 0.0803. The van der Waals surface area contributed by atoms with Gasteiger partial charge in [-0.05, 0) is 24.6 Å². The van der Waals surface area contributed by atoms with Crippen LogP contribution in [-0.4, -0.2) is 25.2 Å². The number of carbonyl (C=O) groups is 1. The molecular formula is C11H12ClNO2. The normalized spacial score (nSPS) is 15.9. The van der Waals surface area contributed by atoms with Crippen molar-refractivity contribution in [3.63, 3.8) is 0 Å². The molecule has 0 spiro atoms. The van der Waals surface area contributed by atoms with Gasteiger partial charge in [-0.1, -0.05) is 17.7 Å². The van der Waals surface area contributed by atoms with Gasteiger partial charge in [0.2, 0.25) is 0 Å². The molecule has 1 fully saturated rings. The SMILES string of the molecule is Cc1ccc(Cl)cc1C(=O)NC1COC1. The molecular weight excluding hydrogens is 214 g/mol. The zero-order chi connectivity index (χ0) is 10.8. The van der Waals surface area contributed by atoms with E-state index in [0.717, 1.165) is 5.56 Å². The van der Waals surface area contributed by atoms with Crippen LogP contribution in [0, 0.1) is 6.92 Å². The lowest BCUT2D eigenvalue weighted by molar-refractivity contribution is -0.00347. The van der Waals surface area contributed by atoms with Crippen LogP contribution in [0.5, 0.6) is 0 Å². The Balaban J connectivity index is 2.12. The number of aryl methyl sites for hydroxylation is 1. The quantitative estimate of drug-likeness (QED) is 0.833. The van der Waals surface area contributed by atoms with Crippen LogP contribution < -0.4 is 5.32 Å². The summed E-state index contributed by atoms with van der Waals surface area (Å²) in [6.45, 7) is 3.10.